The third kappa shape index (κ3) is 2.95. The van der Waals surface area contributed by atoms with Gasteiger partial charge in [-0.3, -0.25) is 9.59 Å². The largest absolute Gasteiger partial charge is 0.461 e. The van der Waals surface area contributed by atoms with Crippen LogP contribution in [-0.2, 0) is 14.3 Å². The molecule has 0 amide bonds. The van der Waals surface area contributed by atoms with Crippen molar-refractivity contribution in [1.82, 2.24) is 0 Å². The third-order valence-electron chi connectivity index (χ3n) is 6.01. The molecular formula is C26H20O6. The van der Waals surface area contributed by atoms with Crippen LogP contribution in [0.2, 0.25) is 0 Å². The molecule has 3 aromatic carbocycles. The van der Waals surface area contributed by atoms with Crippen LogP contribution in [0.5, 0.6) is 0 Å². The van der Waals surface area contributed by atoms with E-state index in [2.05, 4.69) is 0 Å². The van der Waals surface area contributed by atoms with E-state index in [4.69, 9.17) is 9.47 Å². The van der Waals surface area contributed by atoms with Gasteiger partial charge in [-0.1, -0.05) is 66.7 Å². The maximum Gasteiger partial charge on any atom is 0.379 e. The standard InChI is InChI=1S/C26H20O6/c1-2-31-25(29)26(30)14-20(17-13-7-9-15-8-3-4-10-16(15)17)21-22(27)18-11-5-6-12-19(18)23(28)24(21)32-26/h3-13,20,30H,2,14H2,1H3/t20-,26?/m1/s1. The summed E-state index contributed by atoms with van der Waals surface area (Å²) in [6.45, 7) is 1.65. The van der Waals surface area contributed by atoms with Crippen LogP contribution in [0.15, 0.2) is 78.1 Å². The molecule has 6 nitrogen and oxygen atoms in total. The molecule has 1 aliphatic carbocycles. The van der Waals surface area contributed by atoms with E-state index in [-0.39, 0.29) is 41.3 Å². The lowest BCUT2D eigenvalue weighted by molar-refractivity contribution is -0.220. The van der Waals surface area contributed by atoms with Crippen LogP contribution in [0.4, 0.5) is 0 Å². The Morgan fingerprint density at radius 3 is 2.41 bits per heavy atom. The number of fused-ring (bicyclic) bond motifs is 2. The molecule has 0 spiro atoms. The second kappa shape index (κ2) is 7.43. The molecule has 6 heteroatoms. The van der Waals surface area contributed by atoms with Gasteiger partial charge in [0, 0.05) is 23.5 Å². The highest BCUT2D eigenvalue weighted by molar-refractivity contribution is 6.27. The number of Topliss-reactive ketones (excluding diaryl/α,β-unsaturated/α-hetero) is 2. The lowest BCUT2D eigenvalue weighted by atomic mass is 9.74. The predicted octanol–water partition coefficient (Wildman–Crippen LogP) is 3.93. The van der Waals surface area contributed by atoms with Crippen molar-refractivity contribution >= 4 is 28.3 Å². The zero-order chi connectivity index (χ0) is 22.5. The van der Waals surface area contributed by atoms with Crippen molar-refractivity contribution in [3.63, 3.8) is 0 Å². The van der Waals surface area contributed by atoms with Gasteiger partial charge in [-0.15, -0.1) is 0 Å². The highest BCUT2D eigenvalue weighted by Gasteiger charge is 2.53. The molecule has 0 saturated carbocycles. The summed E-state index contributed by atoms with van der Waals surface area (Å²) in [7, 11) is 0. The van der Waals surface area contributed by atoms with Crippen LogP contribution in [0.1, 0.15) is 45.5 Å². The molecule has 0 fully saturated rings. The van der Waals surface area contributed by atoms with Crippen LogP contribution in [0, 0.1) is 0 Å². The van der Waals surface area contributed by atoms with Crippen molar-refractivity contribution < 1.29 is 29.0 Å². The first kappa shape index (κ1) is 20.2. The maximum absolute atomic E-state index is 13.5. The van der Waals surface area contributed by atoms with Gasteiger partial charge in [0.05, 0.1) is 12.2 Å². The molecule has 0 saturated heterocycles. The van der Waals surface area contributed by atoms with E-state index in [1.54, 1.807) is 25.1 Å². The number of hydrogen-bond acceptors (Lipinski definition) is 6. The molecule has 1 heterocycles. The minimum atomic E-state index is -2.39. The SMILES string of the molecule is CCOC(=O)C1(O)C[C@H](c2cccc3ccccc23)C2=C(O1)C(=O)c1ccccc1C2=O. The van der Waals surface area contributed by atoms with E-state index in [1.165, 1.54) is 6.07 Å². The summed E-state index contributed by atoms with van der Waals surface area (Å²) in [5.74, 6) is -5.31. The molecular weight excluding hydrogens is 408 g/mol. The topological polar surface area (TPSA) is 89.9 Å². The number of carbonyl (C=O) groups is 3. The Morgan fingerprint density at radius 1 is 1.00 bits per heavy atom. The van der Waals surface area contributed by atoms with Gasteiger partial charge in [0.2, 0.25) is 5.78 Å². The highest BCUT2D eigenvalue weighted by Crippen LogP contribution is 2.47. The molecule has 1 aliphatic heterocycles. The van der Waals surface area contributed by atoms with E-state index in [1.807, 2.05) is 42.5 Å². The number of allylic oxidation sites excluding steroid dienone is 2. The van der Waals surface area contributed by atoms with Crippen molar-refractivity contribution in [3.8, 4) is 0 Å². The molecule has 2 atom stereocenters. The Hall–Kier alpha value is -3.77. The lowest BCUT2D eigenvalue weighted by Gasteiger charge is -2.39. The molecule has 32 heavy (non-hydrogen) atoms. The summed E-state index contributed by atoms with van der Waals surface area (Å²) < 4.78 is 10.6. The van der Waals surface area contributed by atoms with E-state index in [9.17, 15) is 19.5 Å². The van der Waals surface area contributed by atoms with Crippen molar-refractivity contribution in [1.29, 1.82) is 0 Å². The number of ether oxygens (including phenoxy) is 2. The Morgan fingerprint density at radius 2 is 1.66 bits per heavy atom. The first-order chi connectivity index (χ1) is 15.4. The highest BCUT2D eigenvalue weighted by atomic mass is 16.7. The second-order valence-electron chi connectivity index (χ2n) is 7.88. The lowest BCUT2D eigenvalue weighted by Crippen LogP contribution is -2.49. The van der Waals surface area contributed by atoms with Gasteiger partial charge in [-0.2, -0.15) is 0 Å². The number of hydrogen-bond donors (Lipinski definition) is 1. The smallest absolute Gasteiger partial charge is 0.379 e. The molecule has 160 valence electrons. The van der Waals surface area contributed by atoms with Gasteiger partial charge in [0.1, 0.15) is 0 Å². The molecule has 0 radical (unpaired) electrons. The average Bonchev–Trinajstić information content (AvgIpc) is 2.82. The Balaban J connectivity index is 1.76. The van der Waals surface area contributed by atoms with Crippen molar-refractivity contribution in [3.05, 3.63) is 94.8 Å². The first-order valence-electron chi connectivity index (χ1n) is 10.4. The molecule has 1 unspecified atom stereocenters. The van der Waals surface area contributed by atoms with E-state index in [0.29, 0.717) is 0 Å². The molecule has 2 aliphatic rings. The second-order valence-corrected chi connectivity index (χ2v) is 7.88. The number of esters is 1. The summed E-state index contributed by atoms with van der Waals surface area (Å²) in [5, 5.41) is 13.0. The van der Waals surface area contributed by atoms with Crippen molar-refractivity contribution in [2.24, 2.45) is 0 Å². The summed E-state index contributed by atoms with van der Waals surface area (Å²) >= 11 is 0. The van der Waals surface area contributed by atoms with Crippen LogP contribution in [-0.4, -0.2) is 35.0 Å². The molecule has 0 bridgehead atoms. The van der Waals surface area contributed by atoms with E-state index in [0.717, 1.165) is 16.3 Å². The summed E-state index contributed by atoms with van der Waals surface area (Å²) in [5.41, 5.74) is 1.34. The Bertz CT molecular complexity index is 1320. The van der Waals surface area contributed by atoms with Crippen LogP contribution < -0.4 is 0 Å². The molecule has 5 rings (SSSR count). The van der Waals surface area contributed by atoms with Gasteiger partial charge in [0.25, 0.3) is 0 Å². The van der Waals surface area contributed by atoms with Crippen molar-refractivity contribution in [2.75, 3.05) is 6.61 Å². The first-order valence-corrected chi connectivity index (χ1v) is 10.4. The summed E-state index contributed by atoms with van der Waals surface area (Å²) in [4.78, 5) is 39.5. The van der Waals surface area contributed by atoms with Gasteiger partial charge in [-0.05, 0) is 23.3 Å². The van der Waals surface area contributed by atoms with Crippen LogP contribution in [0.3, 0.4) is 0 Å². The van der Waals surface area contributed by atoms with Gasteiger partial charge >= 0.3 is 11.8 Å². The summed E-state index contributed by atoms with van der Waals surface area (Å²) in [6.07, 6.45) is -0.250. The third-order valence-corrected chi connectivity index (χ3v) is 6.01. The normalized spacial score (nSPS) is 22.2. The summed E-state index contributed by atoms with van der Waals surface area (Å²) in [6, 6.07) is 19.7. The average molecular weight is 428 g/mol. The van der Waals surface area contributed by atoms with E-state index >= 15 is 0 Å². The van der Waals surface area contributed by atoms with Crippen molar-refractivity contribution in [2.45, 2.75) is 25.0 Å². The van der Waals surface area contributed by atoms with Gasteiger partial charge in [-0.25, -0.2) is 4.79 Å². The Kier molecular flexibility index (Phi) is 4.68. The maximum atomic E-state index is 13.5. The van der Waals surface area contributed by atoms with Gasteiger partial charge in [0.15, 0.2) is 11.5 Å². The zero-order valence-corrected chi connectivity index (χ0v) is 17.3. The van der Waals surface area contributed by atoms with E-state index < -0.39 is 23.5 Å². The van der Waals surface area contributed by atoms with Gasteiger partial charge < -0.3 is 14.6 Å². The fraction of sp³-hybridized carbons (Fsp3) is 0.192. The molecule has 3 aromatic rings. The number of ketones is 2. The number of carbonyl (C=O) groups excluding carboxylic acids is 3. The predicted molar refractivity (Wildman–Crippen MR) is 116 cm³/mol. The molecule has 0 aromatic heterocycles. The number of rotatable bonds is 3. The number of aliphatic hydroxyl groups is 1. The zero-order valence-electron chi connectivity index (χ0n) is 17.3. The fourth-order valence-corrected chi connectivity index (χ4v) is 4.57. The fourth-order valence-electron chi connectivity index (χ4n) is 4.57. The van der Waals surface area contributed by atoms with Crippen LogP contribution in [0.25, 0.3) is 10.8 Å². The Labute approximate surface area is 184 Å². The minimum absolute atomic E-state index is 0.0328. The molecule has 1 N–H and O–H groups in total. The minimum Gasteiger partial charge on any atom is -0.461 e. The van der Waals surface area contributed by atoms with Crippen LogP contribution >= 0.6 is 0 Å². The number of benzene rings is 3. The monoisotopic (exact) mass is 428 g/mol. The quantitative estimate of drug-likeness (QED) is 0.636.